The van der Waals surface area contributed by atoms with Gasteiger partial charge in [0.25, 0.3) is 0 Å². The van der Waals surface area contributed by atoms with Crippen molar-refractivity contribution in [2.24, 2.45) is 11.8 Å². The fourth-order valence-electron chi connectivity index (χ4n) is 2.85. The minimum atomic E-state index is -0.235. The summed E-state index contributed by atoms with van der Waals surface area (Å²) in [6.45, 7) is 0.876. The first-order valence-electron chi connectivity index (χ1n) is 8.38. The van der Waals surface area contributed by atoms with E-state index in [1.807, 2.05) is 24.3 Å². The zero-order valence-corrected chi connectivity index (χ0v) is 14.2. The summed E-state index contributed by atoms with van der Waals surface area (Å²) in [4.78, 5) is 24.2. The van der Waals surface area contributed by atoms with Gasteiger partial charge in [0.1, 0.15) is 11.5 Å². The van der Waals surface area contributed by atoms with Crippen LogP contribution < -0.4 is 15.4 Å². The Balaban J connectivity index is 1.39. The van der Waals surface area contributed by atoms with Gasteiger partial charge in [-0.3, -0.25) is 9.59 Å². The topological polar surface area (TPSA) is 80.6 Å². The molecule has 1 aromatic carbocycles. The van der Waals surface area contributed by atoms with Crippen LogP contribution in [-0.2, 0) is 22.6 Å². The zero-order chi connectivity index (χ0) is 17.6. The van der Waals surface area contributed by atoms with E-state index in [0.29, 0.717) is 31.7 Å². The van der Waals surface area contributed by atoms with E-state index in [4.69, 9.17) is 9.15 Å². The van der Waals surface area contributed by atoms with Crippen LogP contribution in [0.3, 0.4) is 0 Å². The molecule has 1 aromatic heterocycles. The Morgan fingerprint density at radius 2 is 1.88 bits per heavy atom. The fourth-order valence-corrected chi connectivity index (χ4v) is 2.85. The molecule has 1 fully saturated rings. The van der Waals surface area contributed by atoms with Crippen LogP contribution in [0.15, 0.2) is 47.1 Å². The maximum Gasteiger partial charge on any atom is 0.224 e. The lowest BCUT2D eigenvalue weighted by molar-refractivity contribution is -0.127. The van der Waals surface area contributed by atoms with Crippen molar-refractivity contribution >= 4 is 11.8 Å². The number of amides is 2. The third kappa shape index (κ3) is 4.41. The van der Waals surface area contributed by atoms with Crippen LogP contribution in [0.2, 0.25) is 0 Å². The number of ether oxygens (including phenoxy) is 1. The van der Waals surface area contributed by atoms with Gasteiger partial charge in [-0.15, -0.1) is 0 Å². The second-order valence-electron chi connectivity index (χ2n) is 6.10. The Morgan fingerprint density at radius 1 is 1.12 bits per heavy atom. The highest BCUT2D eigenvalue weighted by Gasteiger charge is 2.47. The number of furan rings is 1. The standard InChI is InChI=1S/C19H22N2O4/c1-24-17-7-3-2-5-13(17)8-9-20-18(22)15-11-16(15)19(23)21-12-14-6-4-10-25-14/h2-7,10,15-16H,8-9,11-12H2,1H3,(H,20,22)(H,21,23). The van der Waals surface area contributed by atoms with Crippen molar-refractivity contribution in [3.8, 4) is 5.75 Å². The van der Waals surface area contributed by atoms with Gasteiger partial charge in [-0.2, -0.15) is 0 Å². The molecule has 0 saturated heterocycles. The molecular weight excluding hydrogens is 320 g/mol. The van der Waals surface area contributed by atoms with Gasteiger partial charge in [-0.25, -0.2) is 0 Å². The molecule has 2 unspecified atom stereocenters. The van der Waals surface area contributed by atoms with Crippen LogP contribution >= 0.6 is 0 Å². The Hall–Kier alpha value is -2.76. The predicted octanol–water partition coefficient (Wildman–Crippen LogP) is 1.90. The van der Waals surface area contributed by atoms with Gasteiger partial charge in [0.05, 0.1) is 31.8 Å². The van der Waals surface area contributed by atoms with Crippen molar-refractivity contribution in [3.63, 3.8) is 0 Å². The normalized spacial score (nSPS) is 18.4. The van der Waals surface area contributed by atoms with E-state index in [1.54, 1.807) is 25.5 Å². The maximum absolute atomic E-state index is 12.2. The first kappa shape index (κ1) is 17.1. The molecule has 6 heteroatoms. The number of methoxy groups -OCH3 is 1. The van der Waals surface area contributed by atoms with E-state index in [9.17, 15) is 9.59 Å². The van der Waals surface area contributed by atoms with Crippen molar-refractivity contribution in [1.82, 2.24) is 10.6 Å². The number of benzene rings is 1. The van der Waals surface area contributed by atoms with Crippen molar-refractivity contribution < 1.29 is 18.7 Å². The van der Waals surface area contributed by atoms with Gasteiger partial charge < -0.3 is 19.8 Å². The smallest absolute Gasteiger partial charge is 0.224 e. The first-order chi connectivity index (χ1) is 12.2. The molecule has 2 amide bonds. The molecule has 2 aromatic rings. The number of nitrogens with one attached hydrogen (secondary N) is 2. The molecule has 0 bridgehead atoms. The second-order valence-corrected chi connectivity index (χ2v) is 6.10. The zero-order valence-electron chi connectivity index (χ0n) is 14.2. The monoisotopic (exact) mass is 342 g/mol. The number of rotatable bonds is 8. The van der Waals surface area contributed by atoms with Crippen LogP contribution in [0.25, 0.3) is 0 Å². The van der Waals surface area contributed by atoms with Crippen LogP contribution in [-0.4, -0.2) is 25.5 Å². The average Bonchev–Trinajstić information content (AvgIpc) is 3.27. The Labute approximate surface area is 146 Å². The number of para-hydroxylation sites is 1. The third-order valence-corrected chi connectivity index (χ3v) is 4.37. The lowest BCUT2D eigenvalue weighted by atomic mass is 10.1. The highest BCUT2D eigenvalue weighted by atomic mass is 16.5. The molecule has 6 nitrogen and oxygen atoms in total. The van der Waals surface area contributed by atoms with Gasteiger partial charge in [0, 0.05) is 6.54 Å². The molecule has 2 N–H and O–H groups in total. The molecule has 1 aliphatic carbocycles. The Kier molecular flexibility index (Phi) is 5.38. The van der Waals surface area contributed by atoms with Gasteiger partial charge in [0.15, 0.2) is 0 Å². The molecule has 0 spiro atoms. The van der Waals surface area contributed by atoms with Crippen molar-refractivity contribution in [1.29, 1.82) is 0 Å². The van der Waals surface area contributed by atoms with Crippen molar-refractivity contribution in [2.45, 2.75) is 19.4 Å². The summed E-state index contributed by atoms with van der Waals surface area (Å²) in [5.74, 6) is 0.898. The maximum atomic E-state index is 12.2. The lowest BCUT2D eigenvalue weighted by Gasteiger charge is -2.09. The number of carbonyl (C=O) groups is 2. The Morgan fingerprint density at radius 3 is 2.60 bits per heavy atom. The highest BCUT2D eigenvalue weighted by molar-refractivity contribution is 5.92. The van der Waals surface area contributed by atoms with Crippen LogP contribution in [0, 0.1) is 11.8 Å². The first-order valence-corrected chi connectivity index (χ1v) is 8.38. The number of hydrogen-bond donors (Lipinski definition) is 2. The molecule has 0 radical (unpaired) electrons. The minimum absolute atomic E-state index is 0.0620. The van der Waals surface area contributed by atoms with Gasteiger partial charge in [-0.1, -0.05) is 18.2 Å². The molecule has 132 valence electrons. The fraction of sp³-hybridized carbons (Fsp3) is 0.368. The molecule has 1 aliphatic rings. The van der Waals surface area contributed by atoms with Crippen LogP contribution in [0.1, 0.15) is 17.7 Å². The van der Waals surface area contributed by atoms with Crippen molar-refractivity contribution in [2.75, 3.05) is 13.7 Å². The molecule has 0 aliphatic heterocycles. The molecular formula is C19H22N2O4. The Bertz CT molecular complexity index is 727. The average molecular weight is 342 g/mol. The second kappa shape index (κ2) is 7.88. The summed E-state index contributed by atoms with van der Waals surface area (Å²) in [5.41, 5.74) is 1.05. The summed E-state index contributed by atoms with van der Waals surface area (Å²) in [5, 5.41) is 5.71. The molecule has 2 atom stereocenters. The summed E-state index contributed by atoms with van der Waals surface area (Å²) in [7, 11) is 1.63. The number of hydrogen-bond acceptors (Lipinski definition) is 4. The van der Waals surface area contributed by atoms with E-state index in [2.05, 4.69) is 10.6 Å². The van der Waals surface area contributed by atoms with Gasteiger partial charge in [0.2, 0.25) is 11.8 Å². The minimum Gasteiger partial charge on any atom is -0.496 e. The quantitative estimate of drug-likeness (QED) is 0.768. The van der Waals surface area contributed by atoms with E-state index < -0.39 is 0 Å². The molecule has 3 rings (SSSR count). The summed E-state index contributed by atoms with van der Waals surface area (Å²) in [6.07, 6.45) is 2.86. The molecule has 25 heavy (non-hydrogen) atoms. The summed E-state index contributed by atoms with van der Waals surface area (Å²) < 4.78 is 10.5. The molecule has 1 heterocycles. The SMILES string of the molecule is COc1ccccc1CCNC(=O)C1CC1C(=O)NCc1ccco1. The lowest BCUT2D eigenvalue weighted by Crippen LogP contribution is -2.31. The predicted molar refractivity (Wildman–Crippen MR) is 91.9 cm³/mol. The van der Waals surface area contributed by atoms with Crippen LogP contribution in [0.4, 0.5) is 0 Å². The largest absolute Gasteiger partial charge is 0.496 e. The van der Waals surface area contributed by atoms with E-state index in [1.165, 1.54) is 0 Å². The summed E-state index contributed by atoms with van der Waals surface area (Å²) >= 11 is 0. The summed E-state index contributed by atoms with van der Waals surface area (Å²) in [6, 6.07) is 11.3. The van der Waals surface area contributed by atoms with Crippen LogP contribution in [0.5, 0.6) is 5.75 Å². The van der Waals surface area contributed by atoms with Crippen molar-refractivity contribution in [3.05, 3.63) is 54.0 Å². The third-order valence-electron chi connectivity index (χ3n) is 4.37. The number of carbonyl (C=O) groups excluding carboxylic acids is 2. The van der Waals surface area contributed by atoms with E-state index >= 15 is 0 Å². The van der Waals surface area contributed by atoms with Gasteiger partial charge >= 0.3 is 0 Å². The van der Waals surface area contributed by atoms with E-state index in [-0.39, 0.29) is 23.7 Å². The van der Waals surface area contributed by atoms with E-state index in [0.717, 1.165) is 11.3 Å². The molecule has 1 saturated carbocycles. The highest BCUT2D eigenvalue weighted by Crippen LogP contribution is 2.38. The van der Waals surface area contributed by atoms with Gasteiger partial charge in [-0.05, 0) is 36.6 Å².